The Morgan fingerprint density at radius 3 is 2.85 bits per heavy atom. The van der Waals surface area contributed by atoms with Crippen molar-refractivity contribution in [2.45, 2.75) is 0 Å². The standard InChI is InChI=1S/C7H10N6/c1-13(2)7-5-4(9-3-10-7)6(8)12-11-5/h3H,1-2H3,(H3,8,11,12). The van der Waals surface area contributed by atoms with Crippen molar-refractivity contribution >= 4 is 22.7 Å². The molecule has 0 saturated carbocycles. The maximum Gasteiger partial charge on any atom is 0.172 e. The number of fused-ring (bicyclic) bond motifs is 1. The summed E-state index contributed by atoms with van der Waals surface area (Å²) < 4.78 is 0. The number of aromatic nitrogens is 4. The maximum absolute atomic E-state index is 5.59. The van der Waals surface area contributed by atoms with Crippen LogP contribution in [-0.2, 0) is 0 Å². The minimum absolute atomic E-state index is 0.403. The molecule has 68 valence electrons. The van der Waals surface area contributed by atoms with Gasteiger partial charge in [0.1, 0.15) is 17.4 Å². The first-order valence-corrected chi connectivity index (χ1v) is 3.82. The predicted molar refractivity (Wildman–Crippen MR) is 50.4 cm³/mol. The van der Waals surface area contributed by atoms with Gasteiger partial charge in [-0.1, -0.05) is 0 Å². The zero-order valence-corrected chi connectivity index (χ0v) is 7.44. The molecule has 0 atom stereocenters. The molecule has 2 rings (SSSR count). The number of nitrogens with one attached hydrogen (secondary N) is 1. The van der Waals surface area contributed by atoms with E-state index in [0.717, 1.165) is 11.3 Å². The Bertz CT molecular complexity index is 431. The molecule has 2 aromatic rings. The highest BCUT2D eigenvalue weighted by atomic mass is 15.2. The molecule has 0 aliphatic heterocycles. The van der Waals surface area contributed by atoms with Crippen LogP contribution >= 0.6 is 0 Å². The fourth-order valence-electron chi connectivity index (χ4n) is 1.18. The van der Waals surface area contributed by atoms with Crippen LogP contribution in [0.1, 0.15) is 0 Å². The zero-order chi connectivity index (χ0) is 9.42. The number of rotatable bonds is 1. The van der Waals surface area contributed by atoms with E-state index >= 15 is 0 Å². The van der Waals surface area contributed by atoms with Crippen molar-refractivity contribution in [1.82, 2.24) is 20.2 Å². The maximum atomic E-state index is 5.59. The average Bonchev–Trinajstić information content (AvgIpc) is 2.48. The number of nitrogen functional groups attached to an aromatic ring is 1. The smallest absolute Gasteiger partial charge is 0.172 e. The van der Waals surface area contributed by atoms with Crippen molar-refractivity contribution in [3.63, 3.8) is 0 Å². The highest BCUT2D eigenvalue weighted by molar-refractivity contribution is 5.91. The lowest BCUT2D eigenvalue weighted by Crippen LogP contribution is -2.11. The van der Waals surface area contributed by atoms with Crippen LogP contribution in [-0.4, -0.2) is 34.3 Å². The summed E-state index contributed by atoms with van der Waals surface area (Å²) in [6.07, 6.45) is 1.48. The van der Waals surface area contributed by atoms with Gasteiger partial charge >= 0.3 is 0 Å². The Morgan fingerprint density at radius 1 is 1.38 bits per heavy atom. The van der Waals surface area contributed by atoms with Gasteiger partial charge in [-0.2, -0.15) is 5.10 Å². The van der Waals surface area contributed by atoms with Gasteiger partial charge in [0, 0.05) is 14.1 Å². The predicted octanol–water partition coefficient (Wildman–Crippen LogP) is 0.00110. The van der Waals surface area contributed by atoms with Crippen LogP contribution in [0.4, 0.5) is 11.6 Å². The van der Waals surface area contributed by atoms with E-state index in [1.807, 2.05) is 19.0 Å². The molecule has 0 bridgehead atoms. The van der Waals surface area contributed by atoms with Crippen molar-refractivity contribution in [2.75, 3.05) is 24.7 Å². The fourth-order valence-corrected chi connectivity index (χ4v) is 1.18. The summed E-state index contributed by atoms with van der Waals surface area (Å²) in [6, 6.07) is 0. The molecule has 2 aromatic heterocycles. The fraction of sp³-hybridized carbons (Fsp3) is 0.286. The molecule has 0 aromatic carbocycles. The molecule has 0 unspecified atom stereocenters. The molecule has 3 N–H and O–H groups in total. The van der Waals surface area contributed by atoms with Crippen molar-refractivity contribution in [3.05, 3.63) is 6.33 Å². The number of nitrogens with zero attached hydrogens (tertiary/aromatic N) is 4. The molecule has 6 heteroatoms. The van der Waals surface area contributed by atoms with Crippen molar-refractivity contribution in [2.24, 2.45) is 0 Å². The van der Waals surface area contributed by atoms with E-state index < -0.39 is 0 Å². The minimum atomic E-state index is 0.403. The summed E-state index contributed by atoms with van der Waals surface area (Å²) >= 11 is 0. The lowest BCUT2D eigenvalue weighted by atomic mass is 10.4. The monoisotopic (exact) mass is 178 g/mol. The highest BCUT2D eigenvalue weighted by Gasteiger charge is 2.09. The Morgan fingerprint density at radius 2 is 2.15 bits per heavy atom. The van der Waals surface area contributed by atoms with Crippen LogP contribution in [0.2, 0.25) is 0 Å². The van der Waals surface area contributed by atoms with Gasteiger partial charge < -0.3 is 10.6 Å². The van der Waals surface area contributed by atoms with Gasteiger partial charge in [-0.05, 0) is 0 Å². The van der Waals surface area contributed by atoms with Crippen molar-refractivity contribution in [1.29, 1.82) is 0 Å². The molecular weight excluding hydrogens is 168 g/mol. The van der Waals surface area contributed by atoms with Gasteiger partial charge in [0.2, 0.25) is 0 Å². The first kappa shape index (κ1) is 7.78. The summed E-state index contributed by atoms with van der Waals surface area (Å²) in [5.74, 6) is 1.19. The summed E-state index contributed by atoms with van der Waals surface area (Å²) in [7, 11) is 3.80. The van der Waals surface area contributed by atoms with Gasteiger partial charge in [-0.15, -0.1) is 0 Å². The molecule has 13 heavy (non-hydrogen) atoms. The van der Waals surface area contributed by atoms with Crippen LogP contribution in [0, 0.1) is 0 Å². The van der Waals surface area contributed by atoms with Crippen molar-refractivity contribution in [3.8, 4) is 0 Å². The lowest BCUT2D eigenvalue weighted by Gasteiger charge is -2.10. The normalized spacial score (nSPS) is 10.6. The van der Waals surface area contributed by atoms with Crippen LogP contribution < -0.4 is 10.6 Å². The van der Waals surface area contributed by atoms with E-state index in [0.29, 0.717) is 11.3 Å². The molecule has 0 radical (unpaired) electrons. The summed E-state index contributed by atoms with van der Waals surface area (Å²) in [4.78, 5) is 10.0. The van der Waals surface area contributed by atoms with E-state index in [-0.39, 0.29) is 0 Å². The molecule has 2 heterocycles. The van der Waals surface area contributed by atoms with Crippen molar-refractivity contribution < 1.29 is 0 Å². The second kappa shape index (κ2) is 2.58. The van der Waals surface area contributed by atoms with Crippen LogP contribution in [0.15, 0.2) is 6.33 Å². The van der Waals surface area contributed by atoms with E-state index in [1.54, 1.807) is 0 Å². The van der Waals surface area contributed by atoms with Crippen LogP contribution in [0.25, 0.3) is 11.0 Å². The number of anilines is 2. The van der Waals surface area contributed by atoms with Gasteiger partial charge in [0.25, 0.3) is 0 Å². The largest absolute Gasteiger partial charge is 0.380 e. The van der Waals surface area contributed by atoms with Crippen LogP contribution in [0.3, 0.4) is 0 Å². The molecule has 0 aliphatic rings. The zero-order valence-electron chi connectivity index (χ0n) is 7.44. The van der Waals surface area contributed by atoms with Crippen LogP contribution in [0.5, 0.6) is 0 Å². The first-order valence-electron chi connectivity index (χ1n) is 3.82. The van der Waals surface area contributed by atoms with E-state index in [9.17, 15) is 0 Å². The van der Waals surface area contributed by atoms with E-state index in [1.165, 1.54) is 6.33 Å². The van der Waals surface area contributed by atoms with E-state index in [4.69, 9.17) is 5.73 Å². The summed E-state index contributed by atoms with van der Waals surface area (Å²) in [5, 5.41) is 6.66. The third-order valence-electron chi connectivity index (χ3n) is 1.78. The molecule has 0 aliphatic carbocycles. The number of aromatic amines is 1. The first-order chi connectivity index (χ1) is 6.20. The SMILES string of the molecule is CN(C)c1ncnc2c(N)n[nH]c12. The van der Waals surface area contributed by atoms with Gasteiger partial charge in [-0.3, -0.25) is 5.10 Å². The number of hydrogen-bond acceptors (Lipinski definition) is 5. The molecule has 0 amide bonds. The Kier molecular flexibility index (Phi) is 1.54. The lowest BCUT2D eigenvalue weighted by molar-refractivity contribution is 1.05. The molecule has 0 fully saturated rings. The average molecular weight is 178 g/mol. The summed E-state index contributed by atoms with van der Waals surface area (Å²) in [5.41, 5.74) is 7.03. The van der Waals surface area contributed by atoms with Gasteiger partial charge in [0.05, 0.1) is 0 Å². The Hall–Kier alpha value is -1.85. The Labute approximate surface area is 74.8 Å². The second-order valence-electron chi connectivity index (χ2n) is 2.92. The third kappa shape index (κ3) is 1.07. The molecule has 0 spiro atoms. The highest BCUT2D eigenvalue weighted by Crippen LogP contribution is 2.21. The third-order valence-corrected chi connectivity index (χ3v) is 1.78. The molecule has 6 nitrogen and oxygen atoms in total. The quantitative estimate of drug-likeness (QED) is 0.642. The number of H-pyrrole nitrogens is 1. The van der Waals surface area contributed by atoms with Gasteiger partial charge in [-0.25, -0.2) is 9.97 Å². The van der Waals surface area contributed by atoms with E-state index in [2.05, 4.69) is 20.2 Å². The second-order valence-corrected chi connectivity index (χ2v) is 2.92. The Balaban J connectivity index is 2.77. The number of hydrogen-bond donors (Lipinski definition) is 2. The number of nitrogens with two attached hydrogens (primary N) is 1. The topological polar surface area (TPSA) is 83.7 Å². The molecule has 0 saturated heterocycles. The minimum Gasteiger partial charge on any atom is -0.380 e. The molecular formula is C7H10N6. The van der Waals surface area contributed by atoms with Gasteiger partial charge in [0.15, 0.2) is 11.6 Å². The summed E-state index contributed by atoms with van der Waals surface area (Å²) in [6.45, 7) is 0.